The first kappa shape index (κ1) is 14.3. The summed E-state index contributed by atoms with van der Waals surface area (Å²) in [4.78, 5) is 17.5. The summed E-state index contributed by atoms with van der Waals surface area (Å²) in [6.07, 6.45) is 6.01. The second-order valence-electron chi connectivity index (χ2n) is 4.34. The van der Waals surface area contributed by atoms with Crippen LogP contribution in [0.5, 0.6) is 0 Å². The molecular formula is C13H16ClN5O. The van der Waals surface area contributed by atoms with E-state index in [1.54, 1.807) is 30.3 Å². The Hall–Kier alpha value is -2.08. The summed E-state index contributed by atoms with van der Waals surface area (Å²) in [5.41, 5.74) is 0.623. The molecule has 0 saturated carbocycles. The average Bonchev–Trinajstić information content (AvgIpc) is 2.94. The summed E-state index contributed by atoms with van der Waals surface area (Å²) in [7, 11) is 1.75. The Labute approximate surface area is 122 Å². The van der Waals surface area contributed by atoms with Crippen molar-refractivity contribution in [2.75, 3.05) is 18.9 Å². The molecule has 20 heavy (non-hydrogen) atoms. The molecule has 0 bridgehead atoms. The molecule has 1 N–H and O–H groups in total. The van der Waals surface area contributed by atoms with E-state index in [0.29, 0.717) is 17.4 Å². The van der Waals surface area contributed by atoms with Gasteiger partial charge in [-0.2, -0.15) is 5.10 Å². The van der Waals surface area contributed by atoms with Crippen molar-refractivity contribution in [3.63, 3.8) is 0 Å². The van der Waals surface area contributed by atoms with Crippen LogP contribution in [0.2, 0.25) is 5.15 Å². The standard InChI is InChI=1S/C13H16ClN5O/c1-18(7-3-9-19-8-2-6-16-19)13(20)17-11-4-5-12(14)15-10-11/h2,4-6,8,10H,3,7,9H2,1H3,(H,17,20). The predicted octanol–water partition coefficient (Wildman–Crippen LogP) is 2.49. The maximum absolute atomic E-state index is 11.9. The highest BCUT2D eigenvalue weighted by molar-refractivity contribution is 6.29. The van der Waals surface area contributed by atoms with Crippen molar-refractivity contribution in [1.82, 2.24) is 19.7 Å². The van der Waals surface area contributed by atoms with Crippen molar-refractivity contribution in [3.8, 4) is 0 Å². The van der Waals surface area contributed by atoms with Gasteiger partial charge in [-0.1, -0.05) is 11.6 Å². The minimum atomic E-state index is -0.172. The fourth-order valence-corrected chi connectivity index (χ4v) is 1.78. The molecule has 7 heteroatoms. The molecule has 2 aromatic heterocycles. The van der Waals surface area contributed by atoms with Crippen LogP contribution in [0.1, 0.15) is 6.42 Å². The van der Waals surface area contributed by atoms with E-state index in [1.165, 1.54) is 6.20 Å². The van der Waals surface area contributed by atoms with E-state index in [9.17, 15) is 4.79 Å². The zero-order valence-electron chi connectivity index (χ0n) is 11.2. The van der Waals surface area contributed by atoms with Gasteiger partial charge in [0.15, 0.2) is 0 Å². The summed E-state index contributed by atoms with van der Waals surface area (Å²) in [5, 5.41) is 7.27. The fraction of sp³-hybridized carbons (Fsp3) is 0.308. The van der Waals surface area contributed by atoms with Gasteiger partial charge in [-0.25, -0.2) is 9.78 Å². The van der Waals surface area contributed by atoms with Gasteiger partial charge in [-0.3, -0.25) is 4.68 Å². The monoisotopic (exact) mass is 293 g/mol. The largest absolute Gasteiger partial charge is 0.328 e. The Morgan fingerprint density at radius 3 is 3.00 bits per heavy atom. The molecule has 0 aliphatic carbocycles. The summed E-state index contributed by atoms with van der Waals surface area (Å²) in [5.74, 6) is 0. The van der Waals surface area contributed by atoms with Crippen molar-refractivity contribution in [2.45, 2.75) is 13.0 Å². The van der Waals surface area contributed by atoms with Gasteiger partial charge in [0.25, 0.3) is 0 Å². The maximum Gasteiger partial charge on any atom is 0.321 e. The number of anilines is 1. The number of carbonyl (C=O) groups excluding carboxylic acids is 1. The minimum Gasteiger partial charge on any atom is -0.328 e. The molecule has 0 spiro atoms. The smallest absolute Gasteiger partial charge is 0.321 e. The molecule has 0 atom stereocenters. The first-order chi connectivity index (χ1) is 9.65. The Kier molecular flexibility index (Phi) is 4.95. The molecule has 106 valence electrons. The third-order valence-electron chi connectivity index (χ3n) is 2.77. The molecule has 0 fully saturated rings. The van der Waals surface area contributed by atoms with Gasteiger partial charge in [-0.15, -0.1) is 0 Å². The number of nitrogens with zero attached hydrogens (tertiary/aromatic N) is 4. The van der Waals surface area contributed by atoms with Gasteiger partial charge in [0.05, 0.1) is 11.9 Å². The normalized spacial score (nSPS) is 10.3. The number of aryl methyl sites for hydroxylation is 1. The number of hydrogen-bond acceptors (Lipinski definition) is 3. The molecule has 0 aliphatic heterocycles. The summed E-state index contributed by atoms with van der Waals surface area (Å²) < 4.78 is 1.84. The highest BCUT2D eigenvalue weighted by Gasteiger charge is 2.08. The zero-order chi connectivity index (χ0) is 14.4. The summed E-state index contributed by atoms with van der Waals surface area (Å²) in [6, 6.07) is 5.05. The second kappa shape index (κ2) is 6.91. The van der Waals surface area contributed by atoms with Gasteiger partial charge in [-0.05, 0) is 24.6 Å². The van der Waals surface area contributed by atoms with E-state index >= 15 is 0 Å². The Balaban J connectivity index is 1.75. The summed E-state index contributed by atoms with van der Waals surface area (Å²) >= 11 is 5.69. The molecule has 0 unspecified atom stereocenters. The van der Waals surface area contributed by atoms with Gasteiger partial charge in [0.1, 0.15) is 5.15 Å². The molecule has 0 saturated heterocycles. The van der Waals surface area contributed by atoms with Crippen LogP contribution in [0, 0.1) is 0 Å². The highest BCUT2D eigenvalue weighted by atomic mass is 35.5. The van der Waals surface area contributed by atoms with Crippen molar-refractivity contribution >= 4 is 23.3 Å². The topological polar surface area (TPSA) is 63.1 Å². The molecule has 0 aromatic carbocycles. The average molecular weight is 294 g/mol. The number of amides is 2. The van der Waals surface area contributed by atoms with Crippen molar-refractivity contribution in [1.29, 1.82) is 0 Å². The third-order valence-corrected chi connectivity index (χ3v) is 2.99. The number of carbonyl (C=O) groups is 1. The molecule has 2 amide bonds. The third kappa shape index (κ3) is 4.24. The van der Waals surface area contributed by atoms with Gasteiger partial charge >= 0.3 is 6.03 Å². The Bertz CT molecular complexity index is 540. The van der Waals surface area contributed by atoms with E-state index in [-0.39, 0.29) is 6.03 Å². The molecule has 6 nitrogen and oxygen atoms in total. The number of pyridine rings is 1. The molecule has 0 radical (unpaired) electrons. The van der Waals surface area contributed by atoms with Crippen LogP contribution in [-0.4, -0.2) is 39.3 Å². The fourth-order valence-electron chi connectivity index (χ4n) is 1.67. The lowest BCUT2D eigenvalue weighted by atomic mass is 10.4. The van der Waals surface area contributed by atoms with Crippen molar-refractivity contribution in [3.05, 3.63) is 41.9 Å². The van der Waals surface area contributed by atoms with E-state index in [2.05, 4.69) is 15.4 Å². The van der Waals surface area contributed by atoms with E-state index < -0.39 is 0 Å². The Morgan fingerprint density at radius 1 is 1.50 bits per heavy atom. The molecule has 2 heterocycles. The van der Waals surface area contributed by atoms with E-state index in [0.717, 1.165) is 13.0 Å². The van der Waals surface area contributed by atoms with Crippen LogP contribution in [0.3, 0.4) is 0 Å². The zero-order valence-corrected chi connectivity index (χ0v) is 11.9. The molecule has 0 aliphatic rings. The van der Waals surface area contributed by atoms with Gasteiger partial charge in [0.2, 0.25) is 0 Å². The van der Waals surface area contributed by atoms with Crippen LogP contribution in [-0.2, 0) is 6.54 Å². The van der Waals surface area contributed by atoms with Gasteiger partial charge < -0.3 is 10.2 Å². The first-order valence-corrected chi connectivity index (χ1v) is 6.64. The first-order valence-electron chi connectivity index (χ1n) is 6.26. The number of rotatable bonds is 5. The van der Waals surface area contributed by atoms with Crippen LogP contribution >= 0.6 is 11.6 Å². The molecule has 2 aromatic rings. The molecule has 2 rings (SSSR count). The van der Waals surface area contributed by atoms with Crippen LogP contribution in [0.15, 0.2) is 36.8 Å². The quantitative estimate of drug-likeness (QED) is 0.862. The SMILES string of the molecule is CN(CCCn1cccn1)C(=O)Nc1ccc(Cl)nc1. The maximum atomic E-state index is 11.9. The lowest BCUT2D eigenvalue weighted by molar-refractivity contribution is 0.221. The minimum absolute atomic E-state index is 0.172. The second-order valence-corrected chi connectivity index (χ2v) is 4.73. The number of hydrogen-bond donors (Lipinski definition) is 1. The lowest BCUT2D eigenvalue weighted by Gasteiger charge is -2.17. The lowest BCUT2D eigenvalue weighted by Crippen LogP contribution is -2.32. The Morgan fingerprint density at radius 2 is 2.35 bits per heavy atom. The summed E-state index contributed by atoms with van der Waals surface area (Å²) in [6.45, 7) is 1.43. The van der Waals surface area contributed by atoms with Crippen LogP contribution in [0.25, 0.3) is 0 Å². The van der Waals surface area contributed by atoms with E-state index in [1.807, 2.05) is 16.9 Å². The molecular weight excluding hydrogens is 278 g/mol. The number of aromatic nitrogens is 3. The predicted molar refractivity (Wildman–Crippen MR) is 77.7 cm³/mol. The van der Waals surface area contributed by atoms with Crippen LogP contribution in [0.4, 0.5) is 10.5 Å². The van der Waals surface area contributed by atoms with Crippen LogP contribution < -0.4 is 5.32 Å². The number of nitrogens with one attached hydrogen (secondary N) is 1. The number of urea groups is 1. The highest BCUT2D eigenvalue weighted by Crippen LogP contribution is 2.10. The van der Waals surface area contributed by atoms with Crippen molar-refractivity contribution in [2.24, 2.45) is 0 Å². The number of halogens is 1. The van der Waals surface area contributed by atoms with Crippen molar-refractivity contribution < 1.29 is 4.79 Å². The van der Waals surface area contributed by atoms with E-state index in [4.69, 9.17) is 11.6 Å². The van der Waals surface area contributed by atoms with Gasteiger partial charge in [0, 0.05) is 32.5 Å².